The fourth-order valence-corrected chi connectivity index (χ4v) is 4.49. The molecule has 1 saturated heterocycles. The van der Waals surface area contributed by atoms with Crippen molar-refractivity contribution in [2.45, 2.75) is 13.8 Å². The van der Waals surface area contributed by atoms with E-state index >= 15 is 0 Å². The quantitative estimate of drug-likeness (QED) is 0.189. The van der Waals surface area contributed by atoms with Gasteiger partial charge in [0.05, 0.1) is 15.9 Å². The average Bonchev–Trinajstić information content (AvgIpc) is 2.88. The van der Waals surface area contributed by atoms with Crippen LogP contribution in [0.25, 0.3) is 6.08 Å². The van der Waals surface area contributed by atoms with Gasteiger partial charge in [0.2, 0.25) is 0 Å². The largest absolute Gasteiger partial charge is 0.508 e. The summed E-state index contributed by atoms with van der Waals surface area (Å²) in [4.78, 5) is 51.4. The highest BCUT2D eigenvalue weighted by molar-refractivity contribution is 14.1. The molecule has 5 amide bonds. The number of aromatic hydroxyl groups is 1. The Hall–Kier alpha value is -4.39. The predicted molar refractivity (Wildman–Crippen MR) is 153 cm³/mol. The highest BCUT2D eigenvalue weighted by Crippen LogP contribution is 2.35. The number of ether oxygens (including phenoxy) is 2. The number of rotatable bonds is 8. The van der Waals surface area contributed by atoms with Crippen LogP contribution in [0.5, 0.6) is 17.2 Å². The highest BCUT2D eigenvalue weighted by Gasteiger charge is 2.37. The molecule has 0 aromatic heterocycles. The summed E-state index contributed by atoms with van der Waals surface area (Å²) in [6.45, 7) is 3.76. The Bertz CT molecular complexity index is 1470. The molecule has 1 heterocycles. The van der Waals surface area contributed by atoms with Gasteiger partial charge < -0.3 is 19.9 Å². The van der Waals surface area contributed by atoms with Crippen LogP contribution in [0, 0.1) is 10.5 Å². The average molecular weight is 641 g/mol. The van der Waals surface area contributed by atoms with Crippen molar-refractivity contribution in [1.29, 1.82) is 0 Å². The Kier molecular flexibility index (Phi) is 8.49. The maximum Gasteiger partial charge on any atom is 0.335 e. The Morgan fingerprint density at radius 3 is 2.41 bits per heavy atom. The van der Waals surface area contributed by atoms with E-state index in [4.69, 9.17) is 9.47 Å². The van der Waals surface area contributed by atoms with Crippen LogP contribution in [0.3, 0.4) is 0 Å². The zero-order valence-electron chi connectivity index (χ0n) is 21.0. The molecule has 0 atom stereocenters. The fourth-order valence-electron chi connectivity index (χ4n) is 3.71. The number of aryl methyl sites for hydroxylation is 1. The second-order valence-electron chi connectivity index (χ2n) is 8.44. The number of nitrogens with zero attached hydrogens (tertiary/aromatic N) is 1. The number of hydrogen-bond donors (Lipinski definition) is 3. The number of carbonyl (C=O) groups excluding carboxylic acids is 4. The van der Waals surface area contributed by atoms with Crippen LogP contribution in [0.1, 0.15) is 18.1 Å². The van der Waals surface area contributed by atoms with E-state index in [1.54, 1.807) is 31.2 Å². The first-order valence-corrected chi connectivity index (χ1v) is 12.9. The van der Waals surface area contributed by atoms with Gasteiger partial charge in [0.15, 0.2) is 18.1 Å². The number of barbiturate groups is 1. The normalized spacial score (nSPS) is 14.3. The number of imide groups is 2. The van der Waals surface area contributed by atoms with Gasteiger partial charge in [-0.25, -0.2) is 9.69 Å². The van der Waals surface area contributed by atoms with Crippen molar-refractivity contribution in [2.75, 3.05) is 23.4 Å². The van der Waals surface area contributed by atoms with Crippen LogP contribution < -0.4 is 25.0 Å². The second kappa shape index (κ2) is 12.0. The molecule has 0 saturated carbocycles. The Labute approximate surface area is 237 Å². The van der Waals surface area contributed by atoms with E-state index in [2.05, 4.69) is 10.6 Å². The van der Waals surface area contributed by atoms with E-state index in [1.165, 1.54) is 30.3 Å². The van der Waals surface area contributed by atoms with E-state index in [-0.39, 0.29) is 29.5 Å². The monoisotopic (exact) mass is 641 g/mol. The lowest BCUT2D eigenvalue weighted by molar-refractivity contribution is -0.122. The Morgan fingerprint density at radius 1 is 1.05 bits per heavy atom. The minimum Gasteiger partial charge on any atom is -0.508 e. The molecule has 200 valence electrons. The van der Waals surface area contributed by atoms with E-state index in [1.807, 2.05) is 41.6 Å². The summed E-state index contributed by atoms with van der Waals surface area (Å²) in [5, 5.41) is 14.4. The van der Waals surface area contributed by atoms with Crippen molar-refractivity contribution < 1.29 is 33.8 Å². The molecule has 39 heavy (non-hydrogen) atoms. The van der Waals surface area contributed by atoms with Crippen molar-refractivity contribution in [2.24, 2.45) is 0 Å². The minimum atomic E-state index is -0.898. The summed E-state index contributed by atoms with van der Waals surface area (Å²) < 4.78 is 12.1. The Morgan fingerprint density at radius 2 is 1.74 bits per heavy atom. The maximum absolute atomic E-state index is 13.2. The molecule has 10 nitrogen and oxygen atoms in total. The smallest absolute Gasteiger partial charge is 0.335 e. The molecular formula is C28H24IN3O7. The van der Waals surface area contributed by atoms with Crippen molar-refractivity contribution in [3.05, 3.63) is 80.9 Å². The van der Waals surface area contributed by atoms with Gasteiger partial charge in [-0.2, -0.15) is 0 Å². The maximum atomic E-state index is 13.2. The van der Waals surface area contributed by atoms with Crippen molar-refractivity contribution >= 4 is 63.8 Å². The molecular weight excluding hydrogens is 617 g/mol. The summed E-state index contributed by atoms with van der Waals surface area (Å²) in [6, 6.07) is 15.1. The second-order valence-corrected chi connectivity index (χ2v) is 9.60. The minimum absolute atomic E-state index is 0.0385. The van der Waals surface area contributed by atoms with Crippen molar-refractivity contribution in [1.82, 2.24) is 5.32 Å². The van der Waals surface area contributed by atoms with Crippen LogP contribution in [0.4, 0.5) is 16.2 Å². The van der Waals surface area contributed by atoms with Gasteiger partial charge in [0.25, 0.3) is 17.7 Å². The van der Waals surface area contributed by atoms with Crippen LogP contribution in [-0.4, -0.2) is 42.1 Å². The molecule has 3 aromatic rings. The molecule has 3 aromatic carbocycles. The zero-order chi connectivity index (χ0) is 28.1. The van der Waals surface area contributed by atoms with Crippen LogP contribution >= 0.6 is 22.6 Å². The number of amides is 5. The number of phenolic OH excluding ortho intramolecular Hbond substituents is 1. The molecule has 4 rings (SSSR count). The fraction of sp³-hybridized carbons (Fsp3) is 0.143. The zero-order valence-corrected chi connectivity index (χ0v) is 23.1. The van der Waals surface area contributed by atoms with E-state index in [0.29, 0.717) is 32.9 Å². The standard InChI is InChI=1S/C28H24IN3O7/c1-3-38-23-14-17(13-22(29)25(23)39-15-24(34)30-18-6-4-16(2)5-7-18)12-21-26(35)31-28(37)32(27(21)36)19-8-10-20(33)11-9-19/h4-14,33H,3,15H2,1-2H3,(H,30,34)(H,31,35,37)/b21-12+. The third-order valence-electron chi connectivity index (χ3n) is 5.54. The first-order valence-electron chi connectivity index (χ1n) is 11.8. The SMILES string of the molecule is CCOc1cc(/C=C2\C(=O)NC(=O)N(c3ccc(O)cc3)C2=O)cc(I)c1OCC(=O)Nc1ccc(C)cc1. The summed E-state index contributed by atoms with van der Waals surface area (Å²) in [6.07, 6.45) is 1.34. The Balaban J connectivity index is 1.57. The summed E-state index contributed by atoms with van der Waals surface area (Å²) >= 11 is 2.01. The third-order valence-corrected chi connectivity index (χ3v) is 6.34. The number of halogens is 1. The molecule has 0 spiro atoms. The number of anilines is 2. The van der Waals surface area contributed by atoms with Gasteiger partial charge in [0, 0.05) is 5.69 Å². The van der Waals surface area contributed by atoms with E-state index in [0.717, 1.165) is 10.5 Å². The molecule has 0 bridgehead atoms. The molecule has 0 aliphatic carbocycles. The number of hydrogen-bond acceptors (Lipinski definition) is 7. The molecule has 0 unspecified atom stereocenters. The van der Waals surface area contributed by atoms with Crippen LogP contribution in [-0.2, 0) is 14.4 Å². The molecule has 0 radical (unpaired) electrons. The number of benzene rings is 3. The summed E-state index contributed by atoms with van der Waals surface area (Å²) in [5.74, 6) is -1.42. The van der Waals surface area contributed by atoms with Crippen LogP contribution in [0.2, 0.25) is 0 Å². The van der Waals surface area contributed by atoms with Crippen molar-refractivity contribution in [3.63, 3.8) is 0 Å². The summed E-state index contributed by atoms with van der Waals surface area (Å²) in [7, 11) is 0. The first kappa shape index (κ1) is 27.6. The third kappa shape index (κ3) is 6.55. The molecule has 1 aliphatic rings. The summed E-state index contributed by atoms with van der Waals surface area (Å²) in [5.41, 5.74) is 2.07. The number of urea groups is 1. The van der Waals surface area contributed by atoms with Gasteiger partial charge in [-0.1, -0.05) is 17.7 Å². The number of carbonyl (C=O) groups is 4. The lowest BCUT2D eigenvalue weighted by Crippen LogP contribution is -2.54. The van der Waals surface area contributed by atoms with Gasteiger partial charge in [0.1, 0.15) is 11.3 Å². The van der Waals surface area contributed by atoms with Gasteiger partial charge >= 0.3 is 6.03 Å². The van der Waals surface area contributed by atoms with Gasteiger partial charge in [-0.15, -0.1) is 0 Å². The van der Waals surface area contributed by atoms with Crippen molar-refractivity contribution in [3.8, 4) is 17.2 Å². The molecule has 1 fully saturated rings. The van der Waals surface area contributed by atoms with Gasteiger partial charge in [-0.3, -0.25) is 19.7 Å². The number of phenols is 1. The molecule has 3 N–H and O–H groups in total. The first-order chi connectivity index (χ1) is 18.7. The molecule has 1 aliphatic heterocycles. The number of nitrogens with one attached hydrogen (secondary N) is 2. The highest BCUT2D eigenvalue weighted by atomic mass is 127. The van der Waals surface area contributed by atoms with Gasteiger partial charge in [-0.05, 0) is 96.6 Å². The predicted octanol–water partition coefficient (Wildman–Crippen LogP) is 4.39. The lowest BCUT2D eigenvalue weighted by Gasteiger charge is -2.26. The topological polar surface area (TPSA) is 134 Å². The lowest BCUT2D eigenvalue weighted by atomic mass is 10.1. The van der Waals surface area contributed by atoms with Crippen LogP contribution in [0.15, 0.2) is 66.2 Å². The molecule has 11 heteroatoms. The van der Waals surface area contributed by atoms with E-state index < -0.39 is 17.8 Å². The van der Waals surface area contributed by atoms with E-state index in [9.17, 15) is 24.3 Å².